The van der Waals surface area contributed by atoms with Crippen LogP contribution in [0.4, 0.5) is 13.2 Å². The number of carbonyl (C=O) groups is 3. The van der Waals surface area contributed by atoms with Crippen LogP contribution >= 0.6 is 23.2 Å². The standard InChI is InChI=1S/C26H22Cl2F3N5O4/c1-12-7-19-16(10-34(12)23(37)14-3-5-17(27)18(28)8-14)22-24(38)35(11-20(25(39)40)36(22)33-19)13(2)15-4-6-21(32-9-15)26(29,30)31/h3-6,8-9,12-13,20H,7,10-11H2,1-2H3,(H,39,40)/t12?,13-,20?/m0/s1. The van der Waals surface area contributed by atoms with Crippen molar-refractivity contribution in [3.63, 3.8) is 0 Å². The van der Waals surface area contributed by atoms with Crippen molar-refractivity contribution >= 4 is 41.0 Å². The van der Waals surface area contributed by atoms with Gasteiger partial charge in [0, 0.05) is 29.8 Å². The zero-order valence-electron chi connectivity index (χ0n) is 21.1. The number of carboxylic acid groups (broad SMARTS) is 1. The van der Waals surface area contributed by atoms with Gasteiger partial charge in [-0.15, -0.1) is 0 Å². The first-order valence-corrected chi connectivity index (χ1v) is 13.0. The molecule has 2 aromatic heterocycles. The van der Waals surface area contributed by atoms with E-state index in [0.717, 1.165) is 12.3 Å². The number of aliphatic carboxylic acids is 1. The number of carbonyl (C=O) groups excluding carboxylic acids is 2. The Morgan fingerprint density at radius 2 is 1.88 bits per heavy atom. The van der Waals surface area contributed by atoms with E-state index in [1.54, 1.807) is 17.9 Å². The van der Waals surface area contributed by atoms with Gasteiger partial charge < -0.3 is 14.9 Å². The maximum absolute atomic E-state index is 13.8. The van der Waals surface area contributed by atoms with Crippen LogP contribution in [0.1, 0.15) is 69.3 Å². The number of amides is 2. The molecule has 1 aromatic carbocycles. The van der Waals surface area contributed by atoms with Gasteiger partial charge in [-0.05, 0) is 43.7 Å². The van der Waals surface area contributed by atoms with Crippen LogP contribution in [0.3, 0.4) is 0 Å². The van der Waals surface area contributed by atoms with E-state index in [-0.39, 0.29) is 42.2 Å². The van der Waals surface area contributed by atoms with Gasteiger partial charge in [-0.3, -0.25) is 14.6 Å². The second kappa shape index (κ2) is 10.1. The Morgan fingerprint density at radius 3 is 2.48 bits per heavy atom. The molecule has 0 fully saturated rings. The molecule has 0 radical (unpaired) electrons. The summed E-state index contributed by atoms with van der Waals surface area (Å²) in [6.45, 7) is 3.14. The average molecular weight is 596 g/mol. The van der Waals surface area contributed by atoms with Gasteiger partial charge in [-0.2, -0.15) is 18.3 Å². The van der Waals surface area contributed by atoms with Crippen LogP contribution in [-0.2, 0) is 23.9 Å². The summed E-state index contributed by atoms with van der Waals surface area (Å²) < 4.78 is 40.1. The van der Waals surface area contributed by atoms with Gasteiger partial charge in [0.2, 0.25) is 0 Å². The normalized spacial score (nSPS) is 19.7. The lowest BCUT2D eigenvalue weighted by Crippen LogP contribution is -2.47. The third-order valence-electron chi connectivity index (χ3n) is 7.31. The molecule has 1 N–H and O–H groups in total. The Morgan fingerprint density at radius 1 is 1.15 bits per heavy atom. The largest absolute Gasteiger partial charge is 0.480 e. The molecule has 9 nitrogen and oxygen atoms in total. The number of benzene rings is 1. The first kappa shape index (κ1) is 27.9. The third-order valence-corrected chi connectivity index (χ3v) is 8.05. The van der Waals surface area contributed by atoms with Gasteiger partial charge in [-0.1, -0.05) is 29.3 Å². The van der Waals surface area contributed by atoms with Gasteiger partial charge in [0.05, 0.1) is 34.9 Å². The van der Waals surface area contributed by atoms with Crippen molar-refractivity contribution in [3.8, 4) is 0 Å². The first-order chi connectivity index (χ1) is 18.8. The molecule has 210 valence electrons. The minimum Gasteiger partial charge on any atom is -0.480 e. The van der Waals surface area contributed by atoms with Crippen molar-refractivity contribution in [1.29, 1.82) is 0 Å². The van der Waals surface area contributed by atoms with Crippen LogP contribution in [0.15, 0.2) is 36.5 Å². The Balaban J connectivity index is 1.50. The Bertz CT molecular complexity index is 1530. The minimum atomic E-state index is -4.62. The van der Waals surface area contributed by atoms with Crippen LogP contribution in [-0.4, -0.2) is 60.0 Å². The smallest absolute Gasteiger partial charge is 0.433 e. The highest BCUT2D eigenvalue weighted by Crippen LogP contribution is 2.36. The van der Waals surface area contributed by atoms with E-state index in [4.69, 9.17) is 23.2 Å². The van der Waals surface area contributed by atoms with Gasteiger partial charge in [-0.25, -0.2) is 9.48 Å². The van der Waals surface area contributed by atoms with E-state index < -0.39 is 35.8 Å². The minimum absolute atomic E-state index is 0.00690. The third kappa shape index (κ3) is 4.79. The van der Waals surface area contributed by atoms with E-state index in [1.807, 2.05) is 6.92 Å². The lowest BCUT2D eigenvalue weighted by molar-refractivity contribution is -0.142. The van der Waals surface area contributed by atoms with Crippen molar-refractivity contribution < 1.29 is 32.7 Å². The lowest BCUT2D eigenvalue weighted by Gasteiger charge is -2.37. The average Bonchev–Trinajstić information content (AvgIpc) is 3.27. The summed E-state index contributed by atoms with van der Waals surface area (Å²) in [5.74, 6) is -2.13. The van der Waals surface area contributed by atoms with E-state index >= 15 is 0 Å². The Labute approximate surface area is 236 Å². The summed E-state index contributed by atoms with van der Waals surface area (Å²) in [5, 5.41) is 15.0. The van der Waals surface area contributed by atoms with Gasteiger partial charge in [0.1, 0.15) is 11.4 Å². The lowest BCUT2D eigenvalue weighted by atomic mass is 9.96. The highest BCUT2D eigenvalue weighted by Gasteiger charge is 2.44. The summed E-state index contributed by atoms with van der Waals surface area (Å²) in [7, 11) is 0. The molecule has 0 aliphatic carbocycles. The molecule has 0 saturated carbocycles. The molecule has 40 heavy (non-hydrogen) atoms. The summed E-state index contributed by atoms with van der Waals surface area (Å²) in [4.78, 5) is 45.8. The number of fused-ring (bicyclic) bond motifs is 3. The van der Waals surface area contributed by atoms with Crippen LogP contribution in [0, 0.1) is 0 Å². The molecule has 0 bridgehead atoms. The molecule has 14 heteroatoms. The van der Waals surface area contributed by atoms with Gasteiger partial charge in [0.25, 0.3) is 11.8 Å². The fourth-order valence-corrected chi connectivity index (χ4v) is 5.38. The van der Waals surface area contributed by atoms with Crippen LogP contribution < -0.4 is 0 Å². The number of rotatable bonds is 4. The summed E-state index contributed by atoms with van der Waals surface area (Å²) >= 11 is 12.1. The molecule has 4 heterocycles. The van der Waals surface area contributed by atoms with Gasteiger partial charge >= 0.3 is 12.1 Å². The molecule has 2 aliphatic rings. The number of hydrogen-bond donors (Lipinski definition) is 1. The molecule has 2 aliphatic heterocycles. The number of hydrogen-bond acceptors (Lipinski definition) is 5. The molecule has 0 saturated heterocycles. The maximum Gasteiger partial charge on any atom is 0.433 e. The molecule has 3 atom stereocenters. The van der Waals surface area contributed by atoms with E-state index in [2.05, 4.69) is 10.1 Å². The topological polar surface area (TPSA) is 109 Å². The van der Waals surface area contributed by atoms with Crippen molar-refractivity contribution in [3.05, 3.63) is 80.3 Å². The number of pyridine rings is 1. The molecule has 2 unspecified atom stereocenters. The summed E-state index contributed by atoms with van der Waals surface area (Å²) in [6, 6.07) is 4.18. The number of alkyl halides is 3. The van der Waals surface area contributed by atoms with Crippen molar-refractivity contribution in [2.75, 3.05) is 6.54 Å². The predicted molar refractivity (Wildman–Crippen MR) is 137 cm³/mol. The molecule has 2 amide bonds. The number of carboxylic acids is 1. The molecule has 5 rings (SSSR count). The van der Waals surface area contributed by atoms with E-state index in [0.29, 0.717) is 27.4 Å². The van der Waals surface area contributed by atoms with E-state index in [1.165, 1.54) is 27.8 Å². The Hall–Kier alpha value is -3.64. The zero-order chi connectivity index (χ0) is 29.1. The number of halogens is 5. The molecular weight excluding hydrogens is 574 g/mol. The quantitative estimate of drug-likeness (QED) is 0.453. The number of nitrogens with zero attached hydrogens (tertiary/aromatic N) is 5. The molecule has 3 aromatic rings. The highest BCUT2D eigenvalue weighted by atomic mass is 35.5. The summed E-state index contributed by atoms with van der Waals surface area (Å²) in [6.07, 6.45) is -3.32. The molecule has 0 spiro atoms. The summed E-state index contributed by atoms with van der Waals surface area (Å²) in [5.41, 5.74) is 0.475. The first-order valence-electron chi connectivity index (χ1n) is 12.2. The monoisotopic (exact) mass is 595 g/mol. The van der Waals surface area contributed by atoms with Crippen molar-refractivity contribution in [2.24, 2.45) is 0 Å². The van der Waals surface area contributed by atoms with E-state index in [9.17, 15) is 32.7 Å². The van der Waals surface area contributed by atoms with Gasteiger partial charge in [0.15, 0.2) is 6.04 Å². The Kier molecular flexibility index (Phi) is 7.03. The maximum atomic E-state index is 13.8. The van der Waals surface area contributed by atoms with Crippen LogP contribution in [0.5, 0.6) is 0 Å². The predicted octanol–water partition coefficient (Wildman–Crippen LogP) is 5.03. The molecular formula is C26H22Cl2F3N5O4. The SMILES string of the molecule is CC1Cc2nn3c(c2CN1C(=O)c1ccc(Cl)c(Cl)c1)C(=O)N([C@@H](C)c1ccc(C(F)(F)F)nc1)CC3C(=O)O. The van der Waals surface area contributed by atoms with Crippen LogP contribution in [0.2, 0.25) is 10.0 Å². The zero-order valence-corrected chi connectivity index (χ0v) is 22.6. The number of aromatic nitrogens is 3. The highest BCUT2D eigenvalue weighted by molar-refractivity contribution is 6.42. The van der Waals surface area contributed by atoms with Crippen molar-refractivity contribution in [1.82, 2.24) is 24.6 Å². The second-order valence-electron chi connectivity index (χ2n) is 9.80. The fourth-order valence-electron chi connectivity index (χ4n) is 5.08. The van der Waals surface area contributed by atoms with Crippen molar-refractivity contribution in [2.45, 2.75) is 51.1 Å². The second-order valence-corrected chi connectivity index (χ2v) is 10.6. The van der Waals surface area contributed by atoms with Crippen LogP contribution in [0.25, 0.3) is 0 Å². The fraction of sp³-hybridized carbons (Fsp3) is 0.346.